The van der Waals surface area contributed by atoms with Gasteiger partial charge < -0.3 is 9.64 Å². The van der Waals surface area contributed by atoms with E-state index in [1.54, 1.807) is 30.1 Å². The van der Waals surface area contributed by atoms with Gasteiger partial charge in [0.25, 0.3) is 0 Å². The summed E-state index contributed by atoms with van der Waals surface area (Å²) in [7, 11) is 1.79. The predicted octanol–water partition coefficient (Wildman–Crippen LogP) is 4.63. The summed E-state index contributed by atoms with van der Waals surface area (Å²) in [6.45, 7) is -0.503. The lowest BCUT2D eigenvalue weighted by Crippen LogP contribution is -2.20. The van der Waals surface area contributed by atoms with Crippen molar-refractivity contribution in [1.29, 1.82) is 5.26 Å². The highest BCUT2D eigenvalue weighted by Gasteiger charge is 2.28. The molecule has 0 saturated heterocycles. The number of ketones is 1. The molecule has 8 heteroatoms. The number of thioether (sulfide) groups is 1. The minimum absolute atomic E-state index is 0.0361. The molecule has 2 aromatic rings. The molecular formula is C20H14Cl2N2O3S. The van der Waals surface area contributed by atoms with Gasteiger partial charge in [0.05, 0.1) is 22.2 Å². The first-order chi connectivity index (χ1) is 13.4. The molecule has 0 bridgehead atoms. The van der Waals surface area contributed by atoms with Crippen LogP contribution in [0.1, 0.15) is 5.56 Å². The van der Waals surface area contributed by atoms with Gasteiger partial charge in [-0.15, -0.1) is 0 Å². The van der Waals surface area contributed by atoms with E-state index < -0.39 is 18.4 Å². The molecule has 142 valence electrons. The van der Waals surface area contributed by atoms with E-state index in [0.717, 1.165) is 10.6 Å². The number of anilines is 1. The van der Waals surface area contributed by atoms with E-state index in [1.807, 2.05) is 30.3 Å². The van der Waals surface area contributed by atoms with Crippen molar-refractivity contribution in [1.82, 2.24) is 0 Å². The molecular weight excluding hydrogens is 419 g/mol. The topological polar surface area (TPSA) is 70.4 Å². The molecule has 0 aliphatic carbocycles. The van der Waals surface area contributed by atoms with Crippen molar-refractivity contribution in [2.24, 2.45) is 0 Å². The smallest absolute Gasteiger partial charge is 0.310 e. The molecule has 0 unspecified atom stereocenters. The zero-order chi connectivity index (χ0) is 20.3. The van der Waals surface area contributed by atoms with Gasteiger partial charge in [-0.3, -0.25) is 9.59 Å². The van der Waals surface area contributed by atoms with Gasteiger partial charge in [0.1, 0.15) is 16.7 Å². The lowest BCUT2D eigenvalue weighted by Gasteiger charge is -2.14. The number of carbonyl (C=O) groups is 2. The zero-order valence-electron chi connectivity index (χ0n) is 14.7. The van der Waals surface area contributed by atoms with Crippen molar-refractivity contribution in [2.75, 3.05) is 18.6 Å². The molecule has 0 spiro atoms. The molecule has 0 aromatic heterocycles. The number of halogens is 2. The maximum absolute atomic E-state index is 12.5. The summed E-state index contributed by atoms with van der Waals surface area (Å²) in [4.78, 5) is 27.2. The van der Waals surface area contributed by atoms with E-state index in [9.17, 15) is 14.9 Å². The van der Waals surface area contributed by atoms with Gasteiger partial charge in [-0.1, -0.05) is 53.2 Å². The van der Waals surface area contributed by atoms with E-state index in [1.165, 1.54) is 11.8 Å². The van der Waals surface area contributed by atoms with Crippen molar-refractivity contribution in [3.63, 3.8) is 0 Å². The number of rotatable bonds is 5. The number of carbonyl (C=O) groups excluding carboxylic acids is 2. The molecule has 1 aliphatic heterocycles. The molecule has 1 aliphatic rings. The monoisotopic (exact) mass is 432 g/mol. The first-order valence-corrected chi connectivity index (χ1v) is 9.75. The fourth-order valence-electron chi connectivity index (χ4n) is 2.64. The highest BCUT2D eigenvalue weighted by molar-refractivity contribution is 8.03. The van der Waals surface area contributed by atoms with E-state index >= 15 is 0 Å². The summed E-state index contributed by atoms with van der Waals surface area (Å²) in [5.74, 6) is -1.14. The number of nitrogens with zero attached hydrogens (tertiary/aromatic N) is 2. The number of benzene rings is 2. The Kier molecular flexibility index (Phi) is 6.30. The van der Waals surface area contributed by atoms with Crippen LogP contribution in [0.2, 0.25) is 10.0 Å². The molecule has 0 radical (unpaired) electrons. The molecule has 3 rings (SSSR count). The van der Waals surface area contributed by atoms with E-state index in [-0.39, 0.29) is 12.0 Å². The molecule has 0 saturated carbocycles. The van der Waals surface area contributed by atoms with E-state index in [0.29, 0.717) is 20.6 Å². The fourth-order valence-corrected chi connectivity index (χ4v) is 4.12. The summed E-state index contributed by atoms with van der Waals surface area (Å²) in [6.07, 6.45) is -0.0529. The van der Waals surface area contributed by atoms with Crippen LogP contribution in [0, 0.1) is 11.3 Å². The standard InChI is InChI=1S/C20H14Cl2N2O3S/c1-24-16-4-2-3-5-18(16)28-20(24)13(10-23)17(25)11-27-19(26)9-12-6-7-14(21)15(22)8-12/h2-8H,9,11H2,1H3/b20-13-. The van der Waals surface area contributed by atoms with Crippen LogP contribution in [0.25, 0.3) is 0 Å². The summed E-state index contributed by atoms with van der Waals surface area (Å²) in [6, 6.07) is 14.3. The number of nitriles is 1. The first kappa shape index (κ1) is 20.3. The van der Waals surface area contributed by atoms with Crippen LogP contribution in [0.4, 0.5) is 5.69 Å². The summed E-state index contributed by atoms with van der Waals surface area (Å²) < 4.78 is 5.05. The number of para-hydroxylation sites is 1. The van der Waals surface area contributed by atoms with Crippen molar-refractivity contribution < 1.29 is 14.3 Å². The Morgan fingerprint density at radius 2 is 1.93 bits per heavy atom. The van der Waals surface area contributed by atoms with Gasteiger partial charge in [-0.25, -0.2) is 0 Å². The van der Waals surface area contributed by atoms with Crippen LogP contribution in [0.3, 0.4) is 0 Å². The maximum Gasteiger partial charge on any atom is 0.310 e. The highest BCUT2D eigenvalue weighted by Crippen LogP contribution is 2.46. The van der Waals surface area contributed by atoms with E-state index in [4.69, 9.17) is 27.9 Å². The number of hydrogen-bond acceptors (Lipinski definition) is 6. The molecule has 0 fully saturated rings. The van der Waals surface area contributed by atoms with Crippen molar-refractivity contribution >= 4 is 52.4 Å². The molecule has 0 N–H and O–H groups in total. The van der Waals surface area contributed by atoms with Crippen LogP contribution < -0.4 is 4.90 Å². The predicted molar refractivity (Wildman–Crippen MR) is 109 cm³/mol. The third-order valence-electron chi connectivity index (χ3n) is 4.04. The van der Waals surface area contributed by atoms with Crippen LogP contribution >= 0.6 is 35.0 Å². The third kappa shape index (κ3) is 4.33. The lowest BCUT2D eigenvalue weighted by atomic mass is 10.1. The van der Waals surface area contributed by atoms with Gasteiger partial charge >= 0.3 is 5.97 Å². The van der Waals surface area contributed by atoms with Crippen LogP contribution in [0.5, 0.6) is 0 Å². The second-order valence-electron chi connectivity index (χ2n) is 5.93. The molecule has 5 nitrogen and oxygen atoms in total. The molecule has 28 heavy (non-hydrogen) atoms. The highest BCUT2D eigenvalue weighted by atomic mass is 35.5. The minimum atomic E-state index is -0.593. The van der Waals surface area contributed by atoms with Gasteiger partial charge in [0.2, 0.25) is 5.78 Å². The fraction of sp³-hybridized carbons (Fsp3) is 0.150. The van der Waals surface area contributed by atoms with Gasteiger partial charge in [0.15, 0.2) is 6.61 Å². The quantitative estimate of drug-likeness (QED) is 0.389. The van der Waals surface area contributed by atoms with Crippen LogP contribution in [-0.4, -0.2) is 25.4 Å². The average molecular weight is 433 g/mol. The Labute approximate surface area is 176 Å². The van der Waals surface area contributed by atoms with Crippen LogP contribution in [0.15, 0.2) is 58.0 Å². The Hall–Kier alpha value is -2.46. The van der Waals surface area contributed by atoms with Crippen molar-refractivity contribution in [2.45, 2.75) is 11.3 Å². The number of hydrogen-bond donors (Lipinski definition) is 0. The van der Waals surface area contributed by atoms with Crippen molar-refractivity contribution in [3.05, 3.63) is 68.7 Å². The van der Waals surface area contributed by atoms with Crippen molar-refractivity contribution in [3.8, 4) is 6.07 Å². The maximum atomic E-state index is 12.5. The minimum Gasteiger partial charge on any atom is -0.457 e. The first-order valence-electron chi connectivity index (χ1n) is 8.18. The molecule has 2 aromatic carbocycles. The van der Waals surface area contributed by atoms with Gasteiger partial charge in [0, 0.05) is 11.9 Å². The summed E-state index contributed by atoms with van der Waals surface area (Å²) >= 11 is 13.1. The Balaban J connectivity index is 1.66. The Bertz CT molecular complexity index is 1030. The molecule has 0 atom stereocenters. The van der Waals surface area contributed by atoms with Gasteiger partial charge in [-0.2, -0.15) is 5.26 Å². The van der Waals surface area contributed by atoms with Gasteiger partial charge in [-0.05, 0) is 29.8 Å². The largest absolute Gasteiger partial charge is 0.457 e. The second kappa shape index (κ2) is 8.70. The lowest BCUT2D eigenvalue weighted by molar-refractivity contribution is -0.146. The second-order valence-corrected chi connectivity index (χ2v) is 7.77. The van der Waals surface area contributed by atoms with E-state index in [2.05, 4.69) is 0 Å². The molecule has 1 heterocycles. The zero-order valence-corrected chi connectivity index (χ0v) is 17.1. The number of fused-ring (bicyclic) bond motifs is 1. The number of ether oxygens (including phenoxy) is 1. The average Bonchev–Trinajstić information content (AvgIpc) is 3.00. The normalized spacial score (nSPS) is 14.3. The Morgan fingerprint density at radius 1 is 1.18 bits per heavy atom. The number of esters is 1. The number of Topliss-reactive ketones (excluding diaryl/α,β-unsaturated/α-hetero) is 1. The van der Waals surface area contributed by atoms with Crippen LogP contribution in [-0.2, 0) is 20.7 Å². The SMILES string of the molecule is CN1/C(=C(\C#N)C(=O)COC(=O)Cc2ccc(Cl)c(Cl)c2)Sc2ccccc21. The molecule has 0 amide bonds. The Morgan fingerprint density at radius 3 is 2.61 bits per heavy atom. The third-order valence-corrected chi connectivity index (χ3v) is 6.01. The summed E-state index contributed by atoms with van der Waals surface area (Å²) in [5.41, 5.74) is 1.50. The summed E-state index contributed by atoms with van der Waals surface area (Å²) in [5, 5.41) is 10.7.